The van der Waals surface area contributed by atoms with Crippen LogP contribution < -0.4 is 5.56 Å². The number of hydrogen-bond donors (Lipinski definition) is 1. The smallest absolute Gasteiger partial charge is 0.251 e. The van der Waals surface area contributed by atoms with Crippen molar-refractivity contribution >= 4 is 11.8 Å². The molecule has 0 aliphatic heterocycles. The van der Waals surface area contributed by atoms with Gasteiger partial charge in [-0.25, -0.2) is 4.98 Å². The molecular weight excluding hydrogens is 222 g/mol. The maximum Gasteiger partial charge on any atom is 0.251 e. The van der Waals surface area contributed by atoms with Gasteiger partial charge in [-0.15, -0.1) is 0 Å². The highest BCUT2D eigenvalue weighted by Crippen LogP contribution is 2.23. The van der Waals surface area contributed by atoms with Gasteiger partial charge in [0.05, 0.1) is 11.5 Å². The molecule has 0 aliphatic carbocycles. The number of nitriles is 1. The molecule has 0 fully saturated rings. The summed E-state index contributed by atoms with van der Waals surface area (Å²) in [4.78, 5) is 17.7. The Labute approximate surface area is 99.1 Å². The second-order valence-corrected chi connectivity index (χ2v) is 5.27. The molecule has 0 amide bonds. The molecule has 5 heteroatoms. The van der Waals surface area contributed by atoms with E-state index in [0.29, 0.717) is 5.16 Å². The Bertz CT molecular complexity index is 433. The van der Waals surface area contributed by atoms with Crippen LogP contribution in [0.2, 0.25) is 0 Å². The third kappa shape index (κ3) is 4.49. The summed E-state index contributed by atoms with van der Waals surface area (Å²) < 4.78 is 0. The van der Waals surface area contributed by atoms with Gasteiger partial charge >= 0.3 is 0 Å². The molecule has 86 valence electrons. The van der Waals surface area contributed by atoms with Gasteiger partial charge < -0.3 is 4.98 Å². The van der Waals surface area contributed by atoms with Crippen LogP contribution in [0.3, 0.4) is 0 Å². The first-order valence-electron chi connectivity index (χ1n) is 5.13. The molecule has 0 aromatic carbocycles. The lowest BCUT2D eigenvalue weighted by Gasteiger charge is -2.13. The van der Waals surface area contributed by atoms with Crippen LogP contribution in [0.25, 0.3) is 0 Å². The Morgan fingerprint density at radius 1 is 1.62 bits per heavy atom. The summed E-state index contributed by atoms with van der Waals surface area (Å²) in [6.07, 6.45) is 3.29. The van der Waals surface area contributed by atoms with Crippen LogP contribution in [-0.4, -0.2) is 15.7 Å². The maximum atomic E-state index is 11.0. The fourth-order valence-corrected chi connectivity index (χ4v) is 1.95. The van der Waals surface area contributed by atoms with Gasteiger partial charge in [0.15, 0.2) is 5.16 Å². The van der Waals surface area contributed by atoms with E-state index in [1.807, 2.05) is 13.8 Å². The number of nitrogens with zero attached hydrogens (tertiary/aromatic N) is 2. The fourth-order valence-electron chi connectivity index (χ4n) is 1.16. The van der Waals surface area contributed by atoms with Gasteiger partial charge in [-0.1, -0.05) is 11.8 Å². The van der Waals surface area contributed by atoms with Gasteiger partial charge in [-0.05, 0) is 26.7 Å². The van der Waals surface area contributed by atoms with Crippen molar-refractivity contribution < 1.29 is 0 Å². The zero-order valence-electron chi connectivity index (χ0n) is 9.49. The van der Waals surface area contributed by atoms with Crippen molar-refractivity contribution in [3.63, 3.8) is 0 Å². The quantitative estimate of drug-likeness (QED) is 0.484. The number of nitrogens with one attached hydrogen (secondary N) is 1. The van der Waals surface area contributed by atoms with E-state index in [1.165, 1.54) is 24.0 Å². The second kappa shape index (κ2) is 5.71. The molecule has 1 heterocycles. The lowest BCUT2D eigenvalue weighted by atomic mass is 9.90. The summed E-state index contributed by atoms with van der Waals surface area (Å²) in [5.41, 5.74) is -0.396. The van der Waals surface area contributed by atoms with Crippen molar-refractivity contribution in [2.45, 2.75) is 31.8 Å². The van der Waals surface area contributed by atoms with Crippen LogP contribution in [0.5, 0.6) is 0 Å². The Hall–Kier alpha value is -1.28. The van der Waals surface area contributed by atoms with E-state index in [0.717, 1.165) is 18.6 Å². The molecule has 1 aromatic heterocycles. The van der Waals surface area contributed by atoms with E-state index >= 15 is 0 Å². The molecule has 0 spiro atoms. The summed E-state index contributed by atoms with van der Waals surface area (Å²) in [5.74, 6) is 0.859. The van der Waals surface area contributed by atoms with Crippen molar-refractivity contribution in [2.24, 2.45) is 5.41 Å². The first kappa shape index (κ1) is 12.8. The van der Waals surface area contributed by atoms with Crippen LogP contribution in [0, 0.1) is 16.7 Å². The van der Waals surface area contributed by atoms with Gasteiger partial charge in [0.2, 0.25) is 0 Å². The Morgan fingerprint density at radius 3 is 3.00 bits per heavy atom. The van der Waals surface area contributed by atoms with Gasteiger partial charge in [0, 0.05) is 18.0 Å². The molecule has 1 N–H and O–H groups in total. The maximum absolute atomic E-state index is 11.0. The van der Waals surface area contributed by atoms with Crippen molar-refractivity contribution in [2.75, 3.05) is 5.75 Å². The number of aromatic amines is 1. The molecule has 1 aromatic rings. The van der Waals surface area contributed by atoms with E-state index in [1.54, 1.807) is 0 Å². The molecule has 4 nitrogen and oxygen atoms in total. The fraction of sp³-hybridized carbons (Fsp3) is 0.545. The molecule has 0 radical (unpaired) electrons. The Balaban J connectivity index is 2.32. The summed E-state index contributed by atoms with van der Waals surface area (Å²) in [5, 5.41) is 9.47. The van der Waals surface area contributed by atoms with E-state index in [-0.39, 0.29) is 11.0 Å². The normalized spacial score (nSPS) is 11.1. The van der Waals surface area contributed by atoms with Gasteiger partial charge in [0.25, 0.3) is 5.56 Å². The van der Waals surface area contributed by atoms with Gasteiger partial charge in [0.1, 0.15) is 0 Å². The highest BCUT2D eigenvalue weighted by Gasteiger charge is 2.15. The number of H-pyrrole nitrogens is 1. The highest BCUT2D eigenvalue weighted by molar-refractivity contribution is 7.99. The average Bonchev–Trinajstić information content (AvgIpc) is 2.25. The summed E-state index contributed by atoms with van der Waals surface area (Å²) >= 11 is 1.51. The standard InChI is InChI=1S/C11H15N3OS/c1-11(2,8-12)5-3-7-16-10-13-6-4-9(15)14-10/h4,6H,3,5,7H2,1-2H3,(H,13,14,15). The van der Waals surface area contributed by atoms with Gasteiger partial charge in [-0.2, -0.15) is 5.26 Å². The second-order valence-electron chi connectivity index (χ2n) is 4.19. The minimum Gasteiger partial charge on any atom is -0.301 e. The van der Waals surface area contributed by atoms with E-state index in [4.69, 9.17) is 5.26 Å². The lowest BCUT2D eigenvalue weighted by molar-refractivity contribution is 0.447. The Kier molecular flexibility index (Phi) is 4.56. The molecule has 0 atom stereocenters. The van der Waals surface area contributed by atoms with Crippen LogP contribution in [-0.2, 0) is 0 Å². The third-order valence-electron chi connectivity index (χ3n) is 2.14. The molecule has 0 aliphatic rings. The van der Waals surface area contributed by atoms with E-state index < -0.39 is 0 Å². The van der Waals surface area contributed by atoms with Crippen LogP contribution in [0.15, 0.2) is 22.2 Å². The molecule has 0 unspecified atom stereocenters. The zero-order valence-corrected chi connectivity index (χ0v) is 10.3. The largest absolute Gasteiger partial charge is 0.301 e. The summed E-state index contributed by atoms with van der Waals surface area (Å²) in [6.45, 7) is 3.86. The predicted molar refractivity (Wildman–Crippen MR) is 64.2 cm³/mol. The first-order chi connectivity index (χ1) is 7.53. The van der Waals surface area contributed by atoms with Crippen molar-refractivity contribution in [3.05, 3.63) is 22.6 Å². The molecule has 1 rings (SSSR count). The number of hydrogen-bond acceptors (Lipinski definition) is 4. The SMILES string of the molecule is CC(C)(C#N)CCCSc1nccc(=O)[nH]1. The Morgan fingerprint density at radius 2 is 2.38 bits per heavy atom. The minimum absolute atomic E-state index is 0.130. The van der Waals surface area contributed by atoms with Crippen LogP contribution >= 0.6 is 11.8 Å². The summed E-state index contributed by atoms with van der Waals surface area (Å²) in [6, 6.07) is 3.66. The zero-order chi connectivity index (χ0) is 12.0. The molecule has 16 heavy (non-hydrogen) atoms. The number of rotatable bonds is 5. The van der Waals surface area contributed by atoms with Gasteiger partial charge in [-0.3, -0.25) is 4.79 Å². The molecule has 0 saturated carbocycles. The lowest BCUT2D eigenvalue weighted by Crippen LogP contribution is -2.08. The monoisotopic (exact) mass is 237 g/mol. The third-order valence-corrected chi connectivity index (χ3v) is 3.11. The van der Waals surface area contributed by atoms with Crippen LogP contribution in [0.4, 0.5) is 0 Å². The number of thioether (sulfide) groups is 1. The summed E-state index contributed by atoms with van der Waals surface area (Å²) in [7, 11) is 0. The predicted octanol–water partition coefficient (Wildman–Crippen LogP) is 2.19. The van der Waals surface area contributed by atoms with Crippen molar-refractivity contribution in [1.29, 1.82) is 5.26 Å². The van der Waals surface area contributed by atoms with Crippen molar-refractivity contribution in [1.82, 2.24) is 9.97 Å². The first-order valence-corrected chi connectivity index (χ1v) is 6.11. The highest BCUT2D eigenvalue weighted by atomic mass is 32.2. The molecular formula is C11H15N3OS. The minimum atomic E-state index is -0.266. The van der Waals surface area contributed by atoms with Crippen LogP contribution in [0.1, 0.15) is 26.7 Å². The van der Waals surface area contributed by atoms with E-state index in [9.17, 15) is 4.79 Å². The number of aromatic nitrogens is 2. The van der Waals surface area contributed by atoms with Crippen molar-refractivity contribution in [3.8, 4) is 6.07 Å². The molecule has 0 bridgehead atoms. The van der Waals surface area contributed by atoms with E-state index in [2.05, 4.69) is 16.0 Å². The average molecular weight is 237 g/mol. The molecule has 0 saturated heterocycles. The topological polar surface area (TPSA) is 69.5 Å².